The van der Waals surface area contributed by atoms with Crippen LogP contribution in [0.25, 0.3) is 0 Å². The number of ether oxygens (including phenoxy) is 1. The van der Waals surface area contributed by atoms with Gasteiger partial charge in [-0.25, -0.2) is 4.98 Å². The molecule has 1 heterocycles. The van der Waals surface area contributed by atoms with Crippen molar-refractivity contribution < 1.29 is 22.7 Å². The van der Waals surface area contributed by atoms with E-state index in [4.69, 9.17) is 10.5 Å². The highest BCUT2D eigenvalue weighted by molar-refractivity contribution is 5.78. The Kier molecular flexibility index (Phi) is 5.70. The van der Waals surface area contributed by atoms with Gasteiger partial charge in [-0.3, -0.25) is 4.79 Å². The fourth-order valence-corrected chi connectivity index (χ4v) is 4.17. The van der Waals surface area contributed by atoms with Gasteiger partial charge in [0, 0.05) is 30.3 Å². The number of amides is 1. The molecule has 144 valence electrons. The molecule has 26 heavy (non-hydrogen) atoms. The van der Waals surface area contributed by atoms with Gasteiger partial charge in [0.1, 0.15) is 0 Å². The van der Waals surface area contributed by atoms with Gasteiger partial charge >= 0.3 is 6.18 Å². The van der Waals surface area contributed by atoms with E-state index in [9.17, 15) is 18.0 Å². The first-order chi connectivity index (χ1) is 12.3. The van der Waals surface area contributed by atoms with E-state index in [1.807, 2.05) is 0 Å². The standard InChI is InChI=1S/C18H24F3N3O2/c19-18(20,21)10-26-17-13(5-2-6-23-17)9-24-16(25)14-7-11-3-1-4-12(8-14)15(11)22/h2,5-6,11-12,14-15H,1,3-4,7-10,22H2,(H,24,25). The molecule has 2 unspecified atom stereocenters. The Bertz CT molecular complexity index is 624. The van der Waals surface area contributed by atoms with E-state index in [-0.39, 0.29) is 30.3 Å². The lowest BCUT2D eigenvalue weighted by Crippen LogP contribution is -2.49. The predicted molar refractivity (Wildman–Crippen MR) is 89.2 cm³/mol. The van der Waals surface area contributed by atoms with Crippen LogP contribution in [0.5, 0.6) is 5.88 Å². The molecule has 1 aromatic rings. The fraction of sp³-hybridized carbons (Fsp3) is 0.667. The van der Waals surface area contributed by atoms with E-state index in [1.54, 1.807) is 12.1 Å². The number of aromatic nitrogens is 1. The van der Waals surface area contributed by atoms with Crippen LogP contribution in [-0.4, -0.2) is 29.7 Å². The van der Waals surface area contributed by atoms with Crippen LogP contribution in [0.4, 0.5) is 13.2 Å². The minimum absolute atomic E-state index is 0.0700. The van der Waals surface area contributed by atoms with E-state index in [1.165, 1.54) is 12.6 Å². The van der Waals surface area contributed by atoms with Crippen molar-refractivity contribution in [2.45, 2.75) is 50.9 Å². The highest BCUT2D eigenvalue weighted by Crippen LogP contribution is 2.41. The molecule has 0 aliphatic heterocycles. The van der Waals surface area contributed by atoms with Gasteiger partial charge in [0.25, 0.3) is 0 Å². The fourth-order valence-electron chi connectivity index (χ4n) is 4.17. The Morgan fingerprint density at radius 1 is 1.31 bits per heavy atom. The van der Waals surface area contributed by atoms with E-state index >= 15 is 0 Å². The van der Waals surface area contributed by atoms with Crippen LogP contribution >= 0.6 is 0 Å². The first-order valence-electron chi connectivity index (χ1n) is 9.00. The zero-order chi connectivity index (χ0) is 18.7. The van der Waals surface area contributed by atoms with Gasteiger partial charge < -0.3 is 15.8 Å². The lowest BCUT2D eigenvalue weighted by atomic mass is 9.65. The molecule has 2 aliphatic rings. The maximum absolute atomic E-state index is 12.5. The number of rotatable bonds is 5. The van der Waals surface area contributed by atoms with E-state index in [0.29, 0.717) is 17.4 Å². The molecule has 0 aromatic carbocycles. The van der Waals surface area contributed by atoms with Crippen LogP contribution in [0.2, 0.25) is 0 Å². The second kappa shape index (κ2) is 7.82. The van der Waals surface area contributed by atoms with Gasteiger partial charge in [-0.15, -0.1) is 0 Å². The molecule has 8 heteroatoms. The second-order valence-corrected chi connectivity index (χ2v) is 7.29. The molecule has 5 nitrogen and oxygen atoms in total. The van der Waals surface area contributed by atoms with Gasteiger partial charge in [-0.2, -0.15) is 13.2 Å². The minimum atomic E-state index is -4.43. The van der Waals surface area contributed by atoms with Crippen LogP contribution in [0, 0.1) is 17.8 Å². The summed E-state index contributed by atoms with van der Waals surface area (Å²) in [5.41, 5.74) is 6.68. The molecule has 0 spiro atoms. The molecule has 2 aliphatic carbocycles. The van der Waals surface area contributed by atoms with E-state index in [0.717, 1.165) is 25.7 Å². The van der Waals surface area contributed by atoms with Gasteiger partial charge in [0.15, 0.2) is 6.61 Å². The number of pyridine rings is 1. The Morgan fingerprint density at radius 2 is 2.00 bits per heavy atom. The molecular weight excluding hydrogens is 347 g/mol. The maximum atomic E-state index is 12.5. The smallest absolute Gasteiger partial charge is 0.422 e. The van der Waals surface area contributed by atoms with Crippen LogP contribution < -0.4 is 15.8 Å². The number of nitrogens with two attached hydrogens (primary N) is 1. The normalized spacial score (nSPS) is 28.5. The zero-order valence-electron chi connectivity index (χ0n) is 14.5. The van der Waals surface area contributed by atoms with Crippen LogP contribution in [-0.2, 0) is 11.3 Å². The highest BCUT2D eigenvalue weighted by atomic mass is 19.4. The van der Waals surface area contributed by atoms with Crippen LogP contribution in [0.1, 0.15) is 37.7 Å². The molecule has 0 saturated heterocycles. The number of carbonyl (C=O) groups excluding carboxylic acids is 1. The molecule has 1 aromatic heterocycles. The van der Waals surface area contributed by atoms with E-state index in [2.05, 4.69) is 10.3 Å². The van der Waals surface area contributed by atoms with Crippen molar-refractivity contribution in [1.82, 2.24) is 10.3 Å². The minimum Gasteiger partial charge on any atom is -0.468 e. The van der Waals surface area contributed by atoms with Gasteiger partial charge in [-0.1, -0.05) is 12.5 Å². The van der Waals surface area contributed by atoms with Gasteiger partial charge in [0.05, 0.1) is 0 Å². The SMILES string of the molecule is NC1C2CCCC1CC(C(=O)NCc1cccnc1OCC(F)(F)F)C2. The molecule has 2 atom stereocenters. The maximum Gasteiger partial charge on any atom is 0.422 e. The van der Waals surface area contributed by atoms with Crippen LogP contribution in [0.15, 0.2) is 18.3 Å². The monoisotopic (exact) mass is 371 g/mol. The lowest BCUT2D eigenvalue weighted by molar-refractivity contribution is -0.154. The summed E-state index contributed by atoms with van der Waals surface area (Å²) in [6.45, 7) is -1.31. The average molecular weight is 371 g/mol. The highest BCUT2D eigenvalue weighted by Gasteiger charge is 2.40. The van der Waals surface area contributed by atoms with Gasteiger partial charge in [-0.05, 0) is 43.6 Å². The number of halogens is 3. The molecular formula is C18H24F3N3O2. The Balaban J connectivity index is 1.56. The Morgan fingerprint density at radius 3 is 2.65 bits per heavy atom. The summed E-state index contributed by atoms with van der Waals surface area (Å²) in [6, 6.07) is 3.39. The first-order valence-corrected chi connectivity index (χ1v) is 9.00. The number of hydrogen-bond acceptors (Lipinski definition) is 4. The van der Waals surface area contributed by atoms with Crippen molar-refractivity contribution in [2.75, 3.05) is 6.61 Å². The van der Waals surface area contributed by atoms with Crippen molar-refractivity contribution in [3.63, 3.8) is 0 Å². The largest absolute Gasteiger partial charge is 0.468 e. The van der Waals surface area contributed by atoms with Crippen molar-refractivity contribution in [3.8, 4) is 5.88 Å². The lowest BCUT2D eigenvalue weighted by Gasteiger charge is -2.43. The number of nitrogens with one attached hydrogen (secondary N) is 1. The molecule has 2 fully saturated rings. The zero-order valence-corrected chi connectivity index (χ0v) is 14.5. The van der Waals surface area contributed by atoms with Crippen molar-refractivity contribution in [3.05, 3.63) is 23.9 Å². The number of fused-ring (bicyclic) bond motifs is 2. The number of alkyl halides is 3. The van der Waals surface area contributed by atoms with Crippen molar-refractivity contribution in [2.24, 2.45) is 23.5 Å². The molecule has 2 saturated carbocycles. The second-order valence-electron chi connectivity index (χ2n) is 7.29. The number of nitrogens with zero attached hydrogens (tertiary/aromatic N) is 1. The predicted octanol–water partition coefficient (Wildman–Crippen LogP) is 2.79. The van der Waals surface area contributed by atoms with Crippen molar-refractivity contribution >= 4 is 5.91 Å². The summed E-state index contributed by atoms with van der Waals surface area (Å²) >= 11 is 0. The third-order valence-electron chi connectivity index (χ3n) is 5.46. The van der Waals surface area contributed by atoms with Gasteiger partial charge in [0.2, 0.25) is 11.8 Å². The molecule has 2 bridgehead atoms. The third kappa shape index (κ3) is 4.66. The average Bonchev–Trinajstić information content (AvgIpc) is 2.57. The summed E-state index contributed by atoms with van der Waals surface area (Å²) in [5.74, 6) is 0.526. The Labute approximate surface area is 150 Å². The summed E-state index contributed by atoms with van der Waals surface area (Å²) in [4.78, 5) is 16.4. The van der Waals surface area contributed by atoms with Crippen molar-refractivity contribution in [1.29, 1.82) is 0 Å². The van der Waals surface area contributed by atoms with E-state index < -0.39 is 12.8 Å². The summed E-state index contributed by atoms with van der Waals surface area (Å²) in [6.07, 6.45) is 1.81. The topological polar surface area (TPSA) is 77.2 Å². The van der Waals surface area contributed by atoms with Crippen LogP contribution in [0.3, 0.4) is 0 Å². The summed E-state index contributed by atoms with van der Waals surface area (Å²) in [5, 5.41) is 2.83. The number of carbonyl (C=O) groups is 1. The molecule has 3 N–H and O–H groups in total. The Hall–Kier alpha value is -1.83. The number of hydrogen-bond donors (Lipinski definition) is 2. The quantitative estimate of drug-likeness (QED) is 0.834. The summed E-state index contributed by atoms with van der Waals surface area (Å²) in [7, 11) is 0. The summed E-state index contributed by atoms with van der Waals surface area (Å²) < 4.78 is 41.8. The molecule has 0 radical (unpaired) electrons. The third-order valence-corrected chi connectivity index (χ3v) is 5.46. The first kappa shape index (κ1) is 18.9. The molecule has 3 rings (SSSR count). The molecule has 1 amide bonds.